The highest BCUT2D eigenvalue weighted by atomic mass is 19.4. The number of carbonyl (C=O) groups excluding carboxylic acids is 1. The summed E-state index contributed by atoms with van der Waals surface area (Å²) >= 11 is 0. The Morgan fingerprint density at radius 3 is 2.49 bits per heavy atom. The van der Waals surface area contributed by atoms with Gasteiger partial charge in [0.05, 0.1) is 18.5 Å². The highest BCUT2D eigenvalue weighted by molar-refractivity contribution is 6.02. The standard InChI is InChI=1S/C25H20F5N7O2/c1-31-19-16-10-18(38)37(22(16)35-20(34-19)15-4-3-9-32-23(15)39-24(26)27)11-13-5-7-14(8-6-13)21-33-17(12-36(21)2)25(28,29)30/h3-9,12,24H,10-11H2,1-2H3,(H,31,34,35). The van der Waals surface area contributed by atoms with Gasteiger partial charge in [0.25, 0.3) is 0 Å². The number of benzene rings is 1. The SMILES string of the molecule is CNc1nc(-c2cccnc2OC(F)F)nc2c1CC(=O)N2Cc1ccc(-c2nc(C(F)(F)F)cn2C)cc1. The summed E-state index contributed by atoms with van der Waals surface area (Å²) in [4.78, 5) is 30.8. The second-order valence-corrected chi connectivity index (χ2v) is 8.59. The maximum absolute atomic E-state index is 13.0. The van der Waals surface area contributed by atoms with E-state index >= 15 is 0 Å². The van der Waals surface area contributed by atoms with Crippen molar-refractivity contribution in [3.05, 3.63) is 65.6 Å². The molecule has 0 aliphatic carbocycles. The number of imidazole rings is 1. The molecule has 1 N–H and O–H groups in total. The van der Waals surface area contributed by atoms with Crippen LogP contribution in [0.4, 0.5) is 33.6 Å². The molecule has 0 saturated heterocycles. The second-order valence-electron chi connectivity index (χ2n) is 8.59. The van der Waals surface area contributed by atoms with Gasteiger partial charge in [0, 0.05) is 37.6 Å². The number of pyridine rings is 1. The predicted molar refractivity (Wildman–Crippen MR) is 130 cm³/mol. The third-order valence-corrected chi connectivity index (χ3v) is 6.04. The Morgan fingerprint density at radius 2 is 1.85 bits per heavy atom. The van der Waals surface area contributed by atoms with Crippen molar-refractivity contribution in [2.75, 3.05) is 17.3 Å². The molecule has 4 aromatic rings. The summed E-state index contributed by atoms with van der Waals surface area (Å²) in [5.41, 5.74) is 0.814. The summed E-state index contributed by atoms with van der Waals surface area (Å²) in [7, 11) is 3.09. The first-order chi connectivity index (χ1) is 18.5. The summed E-state index contributed by atoms with van der Waals surface area (Å²) in [6.45, 7) is -3.00. The lowest BCUT2D eigenvalue weighted by Gasteiger charge is -2.18. The van der Waals surface area contributed by atoms with E-state index in [0.29, 0.717) is 28.3 Å². The molecule has 4 heterocycles. The van der Waals surface area contributed by atoms with Crippen LogP contribution >= 0.6 is 0 Å². The summed E-state index contributed by atoms with van der Waals surface area (Å²) in [6, 6.07) is 9.60. The highest BCUT2D eigenvalue weighted by Gasteiger charge is 2.35. The lowest BCUT2D eigenvalue weighted by atomic mass is 10.1. The lowest BCUT2D eigenvalue weighted by Crippen LogP contribution is -2.26. The smallest absolute Gasteiger partial charge is 0.416 e. The number of aryl methyl sites for hydroxylation is 1. The van der Waals surface area contributed by atoms with Crippen LogP contribution < -0.4 is 15.0 Å². The maximum Gasteiger partial charge on any atom is 0.434 e. The Kier molecular flexibility index (Phi) is 6.62. The number of nitrogens with zero attached hydrogens (tertiary/aromatic N) is 6. The molecule has 0 bridgehead atoms. The Bertz CT molecular complexity index is 1540. The number of rotatable bonds is 7. The monoisotopic (exact) mass is 545 g/mol. The van der Waals surface area contributed by atoms with Gasteiger partial charge in [-0.3, -0.25) is 9.69 Å². The third-order valence-electron chi connectivity index (χ3n) is 6.04. The molecule has 5 rings (SSSR count). The fraction of sp³-hybridized carbons (Fsp3) is 0.240. The molecule has 3 aromatic heterocycles. The number of hydrogen-bond donors (Lipinski definition) is 1. The van der Waals surface area contributed by atoms with Crippen molar-refractivity contribution in [1.29, 1.82) is 0 Å². The molecule has 1 aliphatic heterocycles. The van der Waals surface area contributed by atoms with E-state index in [1.54, 1.807) is 31.3 Å². The second kappa shape index (κ2) is 9.93. The Labute approximate surface area is 218 Å². The number of carbonyl (C=O) groups is 1. The largest absolute Gasteiger partial charge is 0.434 e. The van der Waals surface area contributed by atoms with E-state index in [4.69, 9.17) is 0 Å². The molecule has 0 atom stereocenters. The topological polar surface area (TPSA) is 98.1 Å². The van der Waals surface area contributed by atoms with Crippen LogP contribution in [0.1, 0.15) is 16.8 Å². The minimum Gasteiger partial charge on any atom is -0.416 e. The minimum atomic E-state index is -4.56. The van der Waals surface area contributed by atoms with Crippen molar-refractivity contribution in [2.24, 2.45) is 7.05 Å². The molecule has 9 nitrogen and oxygen atoms in total. The maximum atomic E-state index is 13.0. The van der Waals surface area contributed by atoms with Gasteiger partial charge < -0.3 is 14.6 Å². The van der Waals surface area contributed by atoms with E-state index < -0.39 is 18.5 Å². The van der Waals surface area contributed by atoms with Gasteiger partial charge in [-0.25, -0.2) is 19.9 Å². The van der Waals surface area contributed by atoms with Gasteiger partial charge in [0.1, 0.15) is 17.5 Å². The van der Waals surface area contributed by atoms with Crippen LogP contribution in [-0.2, 0) is 31.0 Å². The van der Waals surface area contributed by atoms with E-state index in [1.165, 1.54) is 34.8 Å². The minimum absolute atomic E-state index is 0.0186. The van der Waals surface area contributed by atoms with Crippen molar-refractivity contribution in [3.8, 4) is 28.7 Å². The van der Waals surface area contributed by atoms with E-state index in [1.807, 2.05) is 0 Å². The molecule has 0 saturated carbocycles. The van der Waals surface area contributed by atoms with Crippen LogP contribution in [0.2, 0.25) is 0 Å². The number of alkyl halides is 5. The van der Waals surface area contributed by atoms with Gasteiger partial charge in [-0.1, -0.05) is 24.3 Å². The molecule has 1 aromatic carbocycles. The molecule has 0 spiro atoms. The van der Waals surface area contributed by atoms with E-state index in [9.17, 15) is 26.7 Å². The van der Waals surface area contributed by atoms with Crippen LogP contribution in [0.3, 0.4) is 0 Å². The molecule has 0 radical (unpaired) electrons. The molecule has 0 fully saturated rings. The predicted octanol–water partition coefficient (Wildman–Crippen LogP) is 4.69. The van der Waals surface area contributed by atoms with Crippen LogP contribution in [-0.4, -0.2) is 44.1 Å². The molecule has 1 amide bonds. The van der Waals surface area contributed by atoms with Gasteiger partial charge in [-0.15, -0.1) is 0 Å². The van der Waals surface area contributed by atoms with E-state index in [-0.39, 0.29) is 42.0 Å². The Morgan fingerprint density at radius 1 is 1.10 bits per heavy atom. The van der Waals surface area contributed by atoms with Gasteiger partial charge >= 0.3 is 12.8 Å². The number of fused-ring (bicyclic) bond motifs is 1. The average molecular weight is 545 g/mol. The Hall–Kier alpha value is -4.62. The molecular weight excluding hydrogens is 525 g/mol. The summed E-state index contributed by atoms with van der Waals surface area (Å²) < 4.78 is 70.8. The number of amides is 1. The lowest BCUT2D eigenvalue weighted by molar-refractivity contribution is -0.140. The quantitative estimate of drug-likeness (QED) is 0.337. The van der Waals surface area contributed by atoms with E-state index in [0.717, 1.165) is 6.20 Å². The fourth-order valence-electron chi connectivity index (χ4n) is 4.27. The first-order valence-corrected chi connectivity index (χ1v) is 11.5. The van der Waals surface area contributed by atoms with Gasteiger partial charge in [0.15, 0.2) is 11.5 Å². The number of hydrogen-bond acceptors (Lipinski definition) is 7. The zero-order chi connectivity index (χ0) is 27.9. The van der Waals surface area contributed by atoms with Crippen molar-refractivity contribution in [1.82, 2.24) is 24.5 Å². The van der Waals surface area contributed by atoms with Crippen LogP contribution in [0.5, 0.6) is 5.88 Å². The van der Waals surface area contributed by atoms with Crippen molar-refractivity contribution >= 4 is 17.5 Å². The molecule has 1 aliphatic rings. The van der Waals surface area contributed by atoms with Crippen molar-refractivity contribution in [3.63, 3.8) is 0 Å². The number of nitrogens with one attached hydrogen (secondary N) is 1. The number of aromatic nitrogens is 5. The van der Waals surface area contributed by atoms with Gasteiger partial charge in [0.2, 0.25) is 11.8 Å². The van der Waals surface area contributed by atoms with E-state index in [2.05, 4.69) is 30.0 Å². The Balaban J connectivity index is 1.46. The van der Waals surface area contributed by atoms with Gasteiger partial charge in [-0.2, -0.15) is 22.0 Å². The van der Waals surface area contributed by atoms with Crippen LogP contribution in [0.15, 0.2) is 48.8 Å². The summed E-state index contributed by atoms with van der Waals surface area (Å²) in [5.74, 6) is 0.209. The normalized spacial score (nSPS) is 13.2. The summed E-state index contributed by atoms with van der Waals surface area (Å²) in [6.07, 6.45) is -2.33. The molecule has 0 unspecified atom stereocenters. The fourth-order valence-corrected chi connectivity index (χ4v) is 4.27. The van der Waals surface area contributed by atoms with Crippen LogP contribution in [0.25, 0.3) is 22.8 Å². The van der Waals surface area contributed by atoms with Crippen molar-refractivity contribution in [2.45, 2.75) is 25.8 Å². The summed E-state index contributed by atoms with van der Waals surface area (Å²) in [5, 5.41) is 2.92. The highest BCUT2D eigenvalue weighted by Crippen LogP contribution is 2.37. The average Bonchev–Trinajstić information content (AvgIpc) is 3.44. The van der Waals surface area contributed by atoms with Crippen molar-refractivity contribution < 1.29 is 31.5 Å². The van der Waals surface area contributed by atoms with Crippen LogP contribution in [0, 0.1) is 0 Å². The first kappa shape index (κ1) is 26.0. The molecule has 202 valence electrons. The molecule has 39 heavy (non-hydrogen) atoms. The number of anilines is 2. The van der Waals surface area contributed by atoms with Gasteiger partial charge in [-0.05, 0) is 17.7 Å². The zero-order valence-electron chi connectivity index (χ0n) is 20.5. The number of halogens is 5. The first-order valence-electron chi connectivity index (χ1n) is 11.5. The third kappa shape index (κ3) is 5.09. The number of ether oxygens (including phenoxy) is 1. The molecular formula is C25H20F5N7O2. The zero-order valence-corrected chi connectivity index (χ0v) is 20.5. The molecule has 14 heteroatoms.